The number of halogens is 3. The maximum Gasteiger partial charge on any atom is 0.390 e. The van der Waals surface area contributed by atoms with Gasteiger partial charge >= 0.3 is 12.1 Å². The Kier molecular flexibility index (Phi) is 4.86. The van der Waals surface area contributed by atoms with Gasteiger partial charge in [-0.15, -0.1) is 0 Å². The second-order valence-corrected chi connectivity index (χ2v) is 2.94. The molecule has 0 aliphatic rings. The van der Waals surface area contributed by atoms with Crippen LogP contribution in [0.1, 0.15) is 6.42 Å². The molecule has 0 aromatic heterocycles. The third-order valence-electron chi connectivity index (χ3n) is 1.79. The van der Waals surface area contributed by atoms with Crippen molar-refractivity contribution in [2.24, 2.45) is 5.73 Å². The Balaban J connectivity index is 4.05. The highest BCUT2D eigenvalue weighted by Gasteiger charge is 2.29. The summed E-state index contributed by atoms with van der Waals surface area (Å²) < 4.78 is 35.3. The van der Waals surface area contributed by atoms with E-state index in [4.69, 9.17) is 10.8 Å². The van der Waals surface area contributed by atoms with Gasteiger partial charge in [0.2, 0.25) is 0 Å². The average molecular weight is 214 g/mol. The number of rotatable bonds is 5. The zero-order valence-electron chi connectivity index (χ0n) is 7.71. The van der Waals surface area contributed by atoms with Crippen molar-refractivity contribution in [2.45, 2.75) is 18.6 Å². The van der Waals surface area contributed by atoms with Gasteiger partial charge in [0, 0.05) is 13.1 Å². The van der Waals surface area contributed by atoms with Crippen LogP contribution in [0.5, 0.6) is 0 Å². The molecule has 0 heterocycles. The maximum absolute atomic E-state index is 11.8. The summed E-state index contributed by atoms with van der Waals surface area (Å²) in [5.41, 5.74) is 5.11. The molecule has 0 amide bonds. The lowest BCUT2D eigenvalue weighted by molar-refractivity contribution is -0.148. The fourth-order valence-electron chi connectivity index (χ4n) is 0.928. The van der Waals surface area contributed by atoms with Crippen LogP contribution in [-0.4, -0.2) is 48.3 Å². The van der Waals surface area contributed by atoms with Crippen LogP contribution < -0.4 is 5.73 Å². The molecule has 0 fully saturated rings. The van der Waals surface area contributed by atoms with Crippen LogP contribution in [0.4, 0.5) is 13.2 Å². The Bertz CT molecular complexity index is 196. The molecule has 0 radical (unpaired) electrons. The first-order valence-corrected chi connectivity index (χ1v) is 3.98. The molecule has 0 aliphatic heterocycles. The van der Waals surface area contributed by atoms with E-state index >= 15 is 0 Å². The Labute approximate surface area is 79.5 Å². The minimum atomic E-state index is -4.27. The SMILES string of the molecule is CN(CCC(F)(F)F)C(CN)C(=O)O. The van der Waals surface area contributed by atoms with Gasteiger partial charge in [0.05, 0.1) is 6.42 Å². The van der Waals surface area contributed by atoms with E-state index in [2.05, 4.69) is 0 Å². The van der Waals surface area contributed by atoms with Crippen molar-refractivity contribution >= 4 is 5.97 Å². The minimum Gasteiger partial charge on any atom is -0.480 e. The Morgan fingerprint density at radius 2 is 2.07 bits per heavy atom. The van der Waals surface area contributed by atoms with Gasteiger partial charge in [-0.1, -0.05) is 0 Å². The number of likely N-dealkylation sites (N-methyl/N-ethyl adjacent to an activating group) is 1. The summed E-state index contributed by atoms with van der Waals surface area (Å²) in [4.78, 5) is 11.6. The highest BCUT2D eigenvalue weighted by Crippen LogP contribution is 2.19. The van der Waals surface area contributed by atoms with Crippen molar-refractivity contribution in [3.05, 3.63) is 0 Å². The molecule has 4 nitrogen and oxygen atoms in total. The smallest absolute Gasteiger partial charge is 0.390 e. The van der Waals surface area contributed by atoms with Crippen LogP contribution in [0.3, 0.4) is 0 Å². The quantitative estimate of drug-likeness (QED) is 0.690. The number of nitrogens with zero attached hydrogens (tertiary/aromatic N) is 1. The standard InChI is InChI=1S/C7H13F3N2O2/c1-12(3-2-7(8,9)10)5(4-11)6(13)14/h5H,2-4,11H2,1H3,(H,13,14). The summed E-state index contributed by atoms with van der Waals surface area (Å²) >= 11 is 0. The molecule has 0 rings (SSSR count). The van der Waals surface area contributed by atoms with E-state index in [0.29, 0.717) is 0 Å². The number of aliphatic carboxylic acids is 1. The van der Waals surface area contributed by atoms with Crippen LogP contribution in [0.15, 0.2) is 0 Å². The largest absolute Gasteiger partial charge is 0.480 e. The van der Waals surface area contributed by atoms with Gasteiger partial charge in [0.15, 0.2) is 0 Å². The highest BCUT2D eigenvalue weighted by molar-refractivity contribution is 5.73. The lowest BCUT2D eigenvalue weighted by atomic mass is 10.2. The van der Waals surface area contributed by atoms with Gasteiger partial charge in [-0.25, -0.2) is 0 Å². The van der Waals surface area contributed by atoms with Gasteiger partial charge in [-0.3, -0.25) is 9.69 Å². The molecule has 84 valence electrons. The van der Waals surface area contributed by atoms with Crippen molar-refractivity contribution in [3.8, 4) is 0 Å². The normalized spacial score (nSPS) is 14.4. The van der Waals surface area contributed by atoms with Crippen LogP contribution in [0, 0.1) is 0 Å². The van der Waals surface area contributed by atoms with Gasteiger partial charge in [0.25, 0.3) is 0 Å². The summed E-state index contributed by atoms with van der Waals surface area (Å²) in [5, 5.41) is 8.57. The summed E-state index contributed by atoms with van der Waals surface area (Å²) in [6.07, 6.45) is -5.31. The molecule has 0 saturated carbocycles. The molecular formula is C7H13F3N2O2. The minimum absolute atomic E-state index is 0.205. The number of nitrogens with two attached hydrogens (primary N) is 1. The lowest BCUT2D eigenvalue weighted by Gasteiger charge is -2.23. The van der Waals surface area contributed by atoms with E-state index in [1.807, 2.05) is 0 Å². The monoisotopic (exact) mass is 214 g/mol. The summed E-state index contributed by atoms with van der Waals surface area (Å²) in [7, 11) is 1.30. The van der Waals surface area contributed by atoms with Crippen molar-refractivity contribution < 1.29 is 23.1 Å². The Hall–Kier alpha value is -0.820. The molecule has 7 heteroatoms. The Morgan fingerprint density at radius 3 is 2.36 bits per heavy atom. The zero-order chi connectivity index (χ0) is 11.4. The van der Waals surface area contributed by atoms with Crippen molar-refractivity contribution in [1.82, 2.24) is 4.90 Å². The van der Waals surface area contributed by atoms with E-state index in [-0.39, 0.29) is 13.1 Å². The average Bonchev–Trinajstić information content (AvgIpc) is 2.00. The summed E-state index contributed by atoms with van der Waals surface area (Å²) in [6.45, 7) is -0.568. The molecule has 0 aliphatic carbocycles. The fraction of sp³-hybridized carbons (Fsp3) is 0.857. The van der Waals surface area contributed by atoms with Crippen LogP contribution >= 0.6 is 0 Å². The maximum atomic E-state index is 11.8. The topological polar surface area (TPSA) is 66.6 Å². The fourth-order valence-corrected chi connectivity index (χ4v) is 0.928. The number of carbonyl (C=O) groups is 1. The van der Waals surface area contributed by atoms with Crippen LogP contribution in [0.2, 0.25) is 0 Å². The second kappa shape index (κ2) is 5.16. The number of carboxylic acid groups (broad SMARTS) is 1. The first-order valence-electron chi connectivity index (χ1n) is 3.98. The van der Waals surface area contributed by atoms with Crippen LogP contribution in [-0.2, 0) is 4.79 Å². The van der Waals surface area contributed by atoms with Crippen molar-refractivity contribution in [1.29, 1.82) is 0 Å². The molecule has 1 unspecified atom stereocenters. The molecule has 3 N–H and O–H groups in total. The number of carboxylic acids is 1. The first kappa shape index (κ1) is 13.2. The number of hydrogen-bond acceptors (Lipinski definition) is 3. The zero-order valence-corrected chi connectivity index (χ0v) is 7.71. The van der Waals surface area contributed by atoms with E-state index in [9.17, 15) is 18.0 Å². The molecule has 0 aromatic carbocycles. The third kappa shape index (κ3) is 5.03. The molecule has 0 bridgehead atoms. The van der Waals surface area contributed by atoms with Crippen LogP contribution in [0.25, 0.3) is 0 Å². The van der Waals surface area contributed by atoms with E-state index < -0.39 is 24.6 Å². The molecular weight excluding hydrogens is 201 g/mol. The molecule has 0 saturated heterocycles. The van der Waals surface area contributed by atoms with Gasteiger partial charge in [-0.05, 0) is 7.05 Å². The first-order chi connectivity index (χ1) is 6.28. The van der Waals surface area contributed by atoms with Gasteiger partial charge < -0.3 is 10.8 Å². The van der Waals surface area contributed by atoms with Crippen molar-refractivity contribution in [3.63, 3.8) is 0 Å². The molecule has 0 aromatic rings. The summed E-state index contributed by atoms with van der Waals surface area (Å²) in [5.74, 6) is -1.21. The summed E-state index contributed by atoms with van der Waals surface area (Å²) in [6, 6.07) is -1.06. The number of hydrogen-bond donors (Lipinski definition) is 2. The van der Waals surface area contributed by atoms with E-state index in [1.54, 1.807) is 0 Å². The second-order valence-electron chi connectivity index (χ2n) is 2.94. The van der Waals surface area contributed by atoms with Gasteiger partial charge in [0.1, 0.15) is 6.04 Å². The van der Waals surface area contributed by atoms with Gasteiger partial charge in [-0.2, -0.15) is 13.2 Å². The highest BCUT2D eigenvalue weighted by atomic mass is 19.4. The Morgan fingerprint density at radius 1 is 1.57 bits per heavy atom. The number of alkyl halides is 3. The molecule has 0 spiro atoms. The predicted molar refractivity (Wildman–Crippen MR) is 43.8 cm³/mol. The predicted octanol–water partition coefficient (Wildman–Crippen LogP) is 0.283. The van der Waals surface area contributed by atoms with E-state index in [1.165, 1.54) is 7.05 Å². The lowest BCUT2D eigenvalue weighted by Crippen LogP contribution is -2.45. The van der Waals surface area contributed by atoms with Crippen molar-refractivity contribution in [2.75, 3.05) is 20.1 Å². The molecule has 14 heavy (non-hydrogen) atoms. The molecule has 1 atom stereocenters. The third-order valence-corrected chi connectivity index (χ3v) is 1.79. The van der Waals surface area contributed by atoms with E-state index in [0.717, 1.165) is 4.90 Å².